The van der Waals surface area contributed by atoms with Gasteiger partial charge in [-0.3, -0.25) is 9.97 Å². The monoisotopic (exact) mass is 335 g/mol. The van der Waals surface area contributed by atoms with Crippen LogP contribution in [0.2, 0.25) is 0 Å². The number of rotatable bonds is 4. The zero-order valence-corrected chi connectivity index (χ0v) is 13.4. The molecule has 4 aromatic heterocycles. The molecule has 7 heteroatoms. The summed E-state index contributed by atoms with van der Waals surface area (Å²) in [5.74, 6) is 0.630. The average Bonchev–Trinajstić information content (AvgIpc) is 3.26. The molecule has 4 heterocycles. The molecule has 0 fully saturated rings. The third kappa shape index (κ3) is 2.65. The number of pyridine rings is 2. The molecule has 0 spiro atoms. The molecule has 0 atom stereocenters. The van der Waals surface area contributed by atoms with Crippen LogP contribution in [0.4, 0.5) is 0 Å². The number of aromatic nitrogens is 5. The smallest absolute Gasteiger partial charge is 0.265 e. The molecule has 118 valence electrons. The Balaban J connectivity index is 1.87. The van der Waals surface area contributed by atoms with Crippen molar-refractivity contribution >= 4 is 11.3 Å². The standard InChI is InChI=1S/C17H13N5OS/c23-17-21(12-13-3-1-7-19-11-13)20-16(15-4-2-10-24-15)22(17)14-5-8-18-9-6-14/h1-11H,12H2. The van der Waals surface area contributed by atoms with Gasteiger partial charge >= 0.3 is 5.69 Å². The van der Waals surface area contributed by atoms with E-state index in [1.807, 2.05) is 29.6 Å². The van der Waals surface area contributed by atoms with Crippen molar-refractivity contribution in [3.63, 3.8) is 0 Å². The molecule has 4 rings (SSSR count). The van der Waals surface area contributed by atoms with Crippen LogP contribution >= 0.6 is 11.3 Å². The number of thiophene rings is 1. The molecule has 0 N–H and O–H groups in total. The fraction of sp³-hybridized carbons (Fsp3) is 0.0588. The summed E-state index contributed by atoms with van der Waals surface area (Å²) in [6, 6.07) is 11.3. The molecule has 0 aliphatic heterocycles. The predicted octanol–water partition coefficient (Wildman–Crippen LogP) is 2.60. The SMILES string of the molecule is O=c1n(Cc2cccnc2)nc(-c2cccs2)n1-c1ccncc1. The minimum atomic E-state index is -0.187. The highest BCUT2D eigenvalue weighted by atomic mass is 32.1. The Kier molecular flexibility index (Phi) is 3.76. The molecule has 24 heavy (non-hydrogen) atoms. The second-order valence-corrected chi connectivity index (χ2v) is 6.09. The molecular weight excluding hydrogens is 322 g/mol. The summed E-state index contributed by atoms with van der Waals surface area (Å²) in [5.41, 5.74) is 1.49. The van der Waals surface area contributed by atoms with Crippen LogP contribution in [-0.2, 0) is 6.54 Å². The van der Waals surface area contributed by atoms with Gasteiger partial charge in [-0.15, -0.1) is 16.4 Å². The third-order valence-corrected chi connectivity index (χ3v) is 4.42. The first-order valence-corrected chi connectivity index (χ1v) is 8.24. The van der Waals surface area contributed by atoms with Gasteiger partial charge in [-0.25, -0.2) is 14.0 Å². The van der Waals surface area contributed by atoms with E-state index in [1.165, 1.54) is 4.68 Å². The highest BCUT2D eigenvalue weighted by Gasteiger charge is 2.17. The average molecular weight is 335 g/mol. The first-order valence-electron chi connectivity index (χ1n) is 7.36. The van der Waals surface area contributed by atoms with Gasteiger partial charge in [0, 0.05) is 24.8 Å². The van der Waals surface area contributed by atoms with Gasteiger partial charge in [-0.05, 0) is 35.2 Å². The summed E-state index contributed by atoms with van der Waals surface area (Å²) in [5, 5.41) is 6.52. The van der Waals surface area contributed by atoms with E-state index in [-0.39, 0.29) is 5.69 Å². The lowest BCUT2D eigenvalue weighted by atomic mass is 10.3. The second-order valence-electron chi connectivity index (χ2n) is 5.14. The Bertz CT molecular complexity index is 991. The lowest BCUT2D eigenvalue weighted by Gasteiger charge is -2.03. The van der Waals surface area contributed by atoms with Gasteiger partial charge in [-0.1, -0.05) is 12.1 Å². The summed E-state index contributed by atoms with van der Waals surface area (Å²) < 4.78 is 3.08. The van der Waals surface area contributed by atoms with E-state index in [1.54, 1.807) is 52.8 Å². The topological polar surface area (TPSA) is 65.6 Å². The first-order chi connectivity index (χ1) is 11.8. The Morgan fingerprint density at radius 3 is 2.58 bits per heavy atom. The highest BCUT2D eigenvalue weighted by molar-refractivity contribution is 7.13. The summed E-state index contributed by atoms with van der Waals surface area (Å²) in [4.78, 5) is 22.0. The number of hydrogen-bond acceptors (Lipinski definition) is 5. The molecule has 0 aliphatic carbocycles. The van der Waals surface area contributed by atoms with Gasteiger partial charge in [0.15, 0.2) is 5.82 Å². The van der Waals surface area contributed by atoms with Crippen LogP contribution < -0.4 is 5.69 Å². The molecule has 0 amide bonds. The minimum absolute atomic E-state index is 0.187. The van der Waals surface area contributed by atoms with E-state index >= 15 is 0 Å². The lowest BCUT2D eigenvalue weighted by molar-refractivity contribution is 0.652. The Morgan fingerprint density at radius 2 is 1.88 bits per heavy atom. The maximum Gasteiger partial charge on any atom is 0.351 e. The van der Waals surface area contributed by atoms with Gasteiger partial charge < -0.3 is 0 Å². The van der Waals surface area contributed by atoms with Gasteiger partial charge in [0.25, 0.3) is 0 Å². The normalized spacial score (nSPS) is 10.8. The zero-order valence-electron chi connectivity index (χ0n) is 12.6. The van der Waals surface area contributed by atoms with Gasteiger partial charge in [0.1, 0.15) is 0 Å². The largest absolute Gasteiger partial charge is 0.351 e. The van der Waals surface area contributed by atoms with Crippen LogP contribution in [0.1, 0.15) is 5.56 Å². The molecule has 4 aromatic rings. The molecule has 0 saturated carbocycles. The zero-order chi connectivity index (χ0) is 16.4. The molecule has 0 aliphatic rings. The summed E-state index contributed by atoms with van der Waals surface area (Å²) in [6.45, 7) is 0.378. The Hall–Kier alpha value is -3.06. The third-order valence-electron chi connectivity index (χ3n) is 3.56. The maximum absolute atomic E-state index is 12.9. The highest BCUT2D eigenvalue weighted by Crippen LogP contribution is 2.24. The molecule has 6 nitrogen and oxygen atoms in total. The molecule has 0 unspecified atom stereocenters. The van der Waals surface area contributed by atoms with Gasteiger partial charge in [0.2, 0.25) is 0 Å². The van der Waals surface area contributed by atoms with E-state index < -0.39 is 0 Å². The fourth-order valence-electron chi connectivity index (χ4n) is 2.47. The summed E-state index contributed by atoms with van der Waals surface area (Å²) in [7, 11) is 0. The van der Waals surface area contributed by atoms with E-state index in [9.17, 15) is 4.79 Å². The van der Waals surface area contributed by atoms with Crippen LogP contribution in [0.3, 0.4) is 0 Å². The van der Waals surface area contributed by atoms with Crippen molar-refractivity contribution in [3.05, 3.63) is 82.6 Å². The molecule has 0 radical (unpaired) electrons. The van der Waals surface area contributed by atoms with Crippen molar-refractivity contribution < 1.29 is 0 Å². The summed E-state index contributed by atoms with van der Waals surface area (Å²) >= 11 is 1.55. The maximum atomic E-state index is 12.9. The second kappa shape index (κ2) is 6.21. The van der Waals surface area contributed by atoms with Crippen molar-refractivity contribution in [3.8, 4) is 16.4 Å². The van der Waals surface area contributed by atoms with E-state index in [0.29, 0.717) is 12.4 Å². The van der Waals surface area contributed by atoms with Crippen LogP contribution in [0, 0.1) is 0 Å². The van der Waals surface area contributed by atoms with Crippen molar-refractivity contribution in [1.82, 2.24) is 24.3 Å². The van der Waals surface area contributed by atoms with E-state index in [4.69, 9.17) is 0 Å². The van der Waals surface area contributed by atoms with Gasteiger partial charge in [0.05, 0.1) is 17.1 Å². The quantitative estimate of drug-likeness (QED) is 0.575. The van der Waals surface area contributed by atoms with Crippen LogP contribution in [0.15, 0.2) is 71.4 Å². The van der Waals surface area contributed by atoms with Crippen LogP contribution in [0.5, 0.6) is 0 Å². The number of nitrogens with zero attached hydrogens (tertiary/aromatic N) is 5. The predicted molar refractivity (Wildman–Crippen MR) is 92.3 cm³/mol. The Labute approximate surface area is 141 Å². The number of hydrogen-bond donors (Lipinski definition) is 0. The van der Waals surface area contributed by atoms with E-state index in [0.717, 1.165) is 16.1 Å². The molecule has 0 aromatic carbocycles. The Morgan fingerprint density at radius 1 is 1.00 bits per heavy atom. The first kappa shape index (κ1) is 14.5. The molecular formula is C17H13N5OS. The van der Waals surface area contributed by atoms with E-state index in [2.05, 4.69) is 15.1 Å². The van der Waals surface area contributed by atoms with Gasteiger partial charge in [-0.2, -0.15) is 0 Å². The fourth-order valence-corrected chi connectivity index (χ4v) is 3.16. The van der Waals surface area contributed by atoms with Crippen LogP contribution in [-0.4, -0.2) is 24.3 Å². The molecule has 0 saturated heterocycles. The van der Waals surface area contributed by atoms with Crippen molar-refractivity contribution in [2.24, 2.45) is 0 Å². The van der Waals surface area contributed by atoms with Crippen molar-refractivity contribution in [2.75, 3.05) is 0 Å². The lowest BCUT2D eigenvalue weighted by Crippen LogP contribution is -2.24. The molecule has 0 bridgehead atoms. The summed E-state index contributed by atoms with van der Waals surface area (Å²) in [6.07, 6.45) is 6.78. The minimum Gasteiger partial charge on any atom is -0.265 e. The van der Waals surface area contributed by atoms with Crippen molar-refractivity contribution in [2.45, 2.75) is 6.54 Å². The van der Waals surface area contributed by atoms with Crippen LogP contribution in [0.25, 0.3) is 16.4 Å². The van der Waals surface area contributed by atoms with Crippen molar-refractivity contribution in [1.29, 1.82) is 0 Å².